The molecule has 19 heteroatoms. The van der Waals surface area contributed by atoms with Gasteiger partial charge in [-0.3, -0.25) is 37.3 Å². The molecule has 606 valence electrons. The third-order valence-corrected chi connectivity index (χ3v) is 21.9. The maximum absolute atomic E-state index is 13.1. The van der Waals surface area contributed by atoms with Crippen molar-refractivity contribution >= 4 is 39.5 Å². The molecule has 0 saturated carbocycles. The summed E-state index contributed by atoms with van der Waals surface area (Å²) in [6, 6.07) is 0. The Kier molecular flexibility index (Phi) is 70.6. The average Bonchev–Trinajstić information content (AvgIpc) is 0.910. The van der Waals surface area contributed by atoms with Crippen LogP contribution in [0.15, 0.2) is 0 Å². The third-order valence-electron chi connectivity index (χ3n) is 20.0. The smallest absolute Gasteiger partial charge is 0.462 e. The third kappa shape index (κ3) is 73.6. The lowest BCUT2D eigenvalue weighted by atomic mass is 9.99. The SMILES string of the molecule is CCC(C)CCCCCCCCCCCCCCCCC(=O)OC[C@H](COP(=O)(O)OC[C@@H](O)COP(=O)(O)OC[C@@H](COC(=O)CCCCCCCCC(C)CC)OC(=O)CCCCCCCCCCCCCCCCCC(C)C)OC(=O)CCCCCCCCCCCCCCCC(C)C. The number of esters is 4. The van der Waals surface area contributed by atoms with Gasteiger partial charge in [-0.05, 0) is 49.4 Å². The number of rotatable bonds is 80. The summed E-state index contributed by atoms with van der Waals surface area (Å²) in [5.41, 5.74) is 0. The van der Waals surface area contributed by atoms with Gasteiger partial charge in [0.25, 0.3) is 0 Å². The Morgan fingerprint density at radius 3 is 0.696 bits per heavy atom. The van der Waals surface area contributed by atoms with Crippen molar-refractivity contribution in [1.29, 1.82) is 0 Å². The van der Waals surface area contributed by atoms with Crippen LogP contribution in [0.5, 0.6) is 0 Å². The maximum Gasteiger partial charge on any atom is 0.472 e. The summed E-state index contributed by atoms with van der Waals surface area (Å²) < 4.78 is 68.8. The number of hydrogen-bond donors (Lipinski definition) is 3. The van der Waals surface area contributed by atoms with Crippen LogP contribution in [-0.2, 0) is 65.4 Å². The lowest BCUT2D eigenvalue weighted by Crippen LogP contribution is -2.30. The van der Waals surface area contributed by atoms with Gasteiger partial charge in [0.05, 0.1) is 26.4 Å². The molecule has 7 atom stereocenters. The van der Waals surface area contributed by atoms with Gasteiger partial charge >= 0.3 is 39.5 Å². The van der Waals surface area contributed by atoms with E-state index in [2.05, 4.69) is 55.4 Å². The van der Waals surface area contributed by atoms with Gasteiger partial charge in [-0.2, -0.15) is 0 Å². The van der Waals surface area contributed by atoms with Crippen LogP contribution in [-0.4, -0.2) is 96.7 Å². The zero-order valence-electron chi connectivity index (χ0n) is 67.2. The minimum Gasteiger partial charge on any atom is -0.462 e. The molecule has 0 aliphatic heterocycles. The Balaban J connectivity index is 5.24. The highest BCUT2D eigenvalue weighted by Crippen LogP contribution is 2.45. The van der Waals surface area contributed by atoms with Crippen molar-refractivity contribution in [2.24, 2.45) is 23.7 Å². The molecule has 0 heterocycles. The van der Waals surface area contributed by atoms with Gasteiger partial charge < -0.3 is 33.8 Å². The van der Waals surface area contributed by atoms with E-state index in [1.807, 2.05) is 0 Å². The van der Waals surface area contributed by atoms with E-state index in [1.54, 1.807) is 0 Å². The lowest BCUT2D eigenvalue weighted by molar-refractivity contribution is -0.161. The molecule has 0 spiro atoms. The van der Waals surface area contributed by atoms with Crippen LogP contribution in [0.4, 0.5) is 0 Å². The second kappa shape index (κ2) is 72.0. The molecule has 0 aliphatic rings. The van der Waals surface area contributed by atoms with Gasteiger partial charge in [0.1, 0.15) is 19.3 Å². The fourth-order valence-electron chi connectivity index (χ4n) is 12.7. The second-order valence-corrected chi connectivity index (χ2v) is 34.2. The fourth-order valence-corrected chi connectivity index (χ4v) is 14.3. The van der Waals surface area contributed by atoms with Crippen molar-refractivity contribution in [2.75, 3.05) is 39.6 Å². The minimum atomic E-state index is -4.96. The zero-order valence-corrected chi connectivity index (χ0v) is 69.0. The summed E-state index contributed by atoms with van der Waals surface area (Å²) in [5, 5.41) is 10.7. The number of ether oxygens (including phenoxy) is 4. The first-order chi connectivity index (χ1) is 49.2. The van der Waals surface area contributed by atoms with Crippen molar-refractivity contribution in [3.8, 4) is 0 Å². The van der Waals surface area contributed by atoms with E-state index in [0.29, 0.717) is 25.7 Å². The van der Waals surface area contributed by atoms with Gasteiger partial charge in [-0.15, -0.1) is 0 Å². The predicted molar refractivity (Wildman–Crippen MR) is 418 cm³/mol. The van der Waals surface area contributed by atoms with Crippen molar-refractivity contribution < 1.29 is 80.2 Å². The van der Waals surface area contributed by atoms with Crippen LogP contribution in [0.3, 0.4) is 0 Å². The number of phosphoric acid groups is 2. The van der Waals surface area contributed by atoms with Gasteiger partial charge in [0.15, 0.2) is 12.2 Å². The molecule has 0 aromatic heterocycles. The van der Waals surface area contributed by atoms with E-state index in [0.717, 1.165) is 120 Å². The number of aliphatic hydroxyl groups is 1. The van der Waals surface area contributed by atoms with Crippen LogP contribution in [0, 0.1) is 23.7 Å². The summed E-state index contributed by atoms with van der Waals surface area (Å²) in [7, 11) is -9.93. The summed E-state index contributed by atoms with van der Waals surface area (Å²) in [4.78, 5) is 73.1. The summed E-state index contributed by atoms with van der Waals surface area (Å²) in [6.45, 7) is 14.3. The molecular formula is C83H162O17P2. The Morgan fingerprint density at radius 1 is 0.275 bits per heavy atom. The summed E-state index contributed by atoms with van der Waals surface area (Å²) in [5.74, 6) is 1.06. The van der Waals surface area contributed by atoms with Gasteiger partial charge in [-0.25, -0.2) is 9.13 Å². The first-order valence-electron chi connectivity index (χ1n) is 42.8. The van der Waals surface area contributed by atoms with E-state index in [-0.39, 0.29) is 25.7 Å². The number of unbranched alkanes of at least 4 members (excludes halogenated alkanes) is 44. The molecule has 0 amide bonds. The molecule has 3 N–H and O–H groups in total. The molecule has 102 heavy (non-hydrogen) atoms. The van der Waals surface area contributed by atoms with Crippen LogP contribution in [0.1, 0.15) is 428 Å². The normalized spacial score (nSPS) is 14.5. The minimum absolute atomic E-state index is 0.107. The number of carbonyl (C=O) groups is 4. The van der Waals surface area contributed by atoms with Crippen LogP contribution < -0.4 is 0 Å². The monoisotopic (exact) mass is 1490 g/mol. The molecule has 0 aromatic rings. The topological polar surface area (TPSA) is 237 Å². The van der Waals surface area contributed by atoms with E-state index >= 15 is 0 Å². The van der Waals surface area contributed by atoms with Gasteiger partial charge in [0, 0.05) is 25.7 Å². The second-order valence-electron chi connectivity index (χ2n) is 31.3. The lowest BCUT2D eigenvalue weighted by Gasteiger charge is -2.21. The largest absolute Gasteiger partial charge is 0.472 e. The average molecular weight is 1490 g/mol. The van der Waals surface area contributed by atoms with Crippen LogP contribution in [0.25, 0.3) is 0 Å². The molecule has 4 unspecified atom stereocenters. The number of hydrogen-bond acceptors (Lipinski definition) is 15. The Morgan fingerprint density at radius 2 is 0.471 bits per heavy atom. The molecule has 0 aromatic carbocycles. The molecule has 0 saturated heterocycles. The number of carbonyl (C=O) groups excluding carboxylic acids is 4. The summed E-state index contributed by atoms with van der Waals surface area (Å²) >= 11 is 0. The predicted octanol–water partition coefficient (Wildman–Crippen LogP) is 24.8. The Bertz CT molecular complexity index is 1990. The molecule has 0 radical (unpaired) electrons. The van der Waals surface area contributed by atoms with E-state index in [4.69, 9.17) is 37.0 Å². The summed E-state index contributed by atoms with van der Waals surface area (Å²) in [6.07, 6.45) is 59.6. The van der Waals surface area contributed by atoms with Crippen LogP contribution in [0.2, 0.25) is 0 Å². The zero-order chi connectivity index (χ0) is 75.3. The van der Waals surface area contributed by atoms with E-state index in [9.17, 15) is 43.2 Å². The highest BCUT2D eigenvalue weighted by Gasteiger charge is 2.30. The molecular weight excluding hydrogens is 1330 g/mol. The van der Waals surface area contributed by atoms with Gasteiger partial charge in [-0.1, -0.05) is 376 Å². The standard InChI is InChI=1S/C83H162O17P2/c1-9-75(7)61-53-45-37-31-25-19-14-15-20-26-32-38-47-55-63-80(85)93-69-78(99-82(87)66-58-50-40-34-28-22-16-18-24-30-36-44-52-60-74(5)6)71-97-101(89,90)95-67-77(84)68-96-102(91,92)98-72-79(70-94-81(86)64-56-48-42-41-46-54-62-76(8)10-2)100-83(88)65-57-49-39-33-27-21-13-11-12-17-23-29-35-43-51-59-73(3)4/h73-79,84H,9-72H2,1-8H3,(H,89,90)(H,91,92)/t75?,76?,77-,78-,79-/m1/s1. The molecule has 0 fully saturated rings. The molecule has 0 bridgehead atoms. The van der Waals surface area contributed by atoms with Crippen LogP contribution >= 0.6 is 15.6 Å². The number of phosphoric ester groups is 2. The quantitative estimate of drug-likeness (QED) is 0.0222. The highest BCUT2D eigenvalue weighted by atomic mass is 31.2. The maximum atomic E-state index is 13.1. The van der Waals surface area contributed by atoms with Gasteiger partial charge in [0.2, 0.25) is 0 Å². The fraction of sp³-hybridized carbons (Fsp3) is 0.952. The van der Waals surface area contributed by atoms with E-state index < -0.39 is 97.5 Å². The molecule has 0 rings (SSSR count). The van der Waals surface area contributed by atoms with E-state index in [1.165, 1.54) is 225 Å². The van der Waals surface area contributed by atoms with Crippen molar-refractivity contribution in [1.82, 2.24) is 0 Å². The number of aliphatic hydroxyl groups excluding tert-OH is 1. The first-order valence-corrected chi connectivity index (χ1v) is 45.8. The van der Waals surface area contributed by atoms with Crippen molar-refractivity contribution in [2.45, 2.75) is 446 Å². The highest BCUT2D eigenvalue weighted by molar-refractivity contribution is 7.47. The van der Waals surface area contributed by atoms with Crippen molar-refractivity contribution in [3.63, 3.8) is 0 Å². The Hall–Kier alpha value is -1.94. The first kappa shape index (κ1) is 100. The Labute approximate surface area is 626 Å². The molecule has 17 nitrogen and oxygen atoms in total. The van der Waals surface area contributed by atoms with Crippen molar-refractivity contribution in [3.05, 3.63) is 0 Å². The molecule has 0 aliphatic carbocycles.